The second-order valence-electron chi connectivity index (χ2n) is 3.74. The Morgan fingerprint density at radius 1 is 1.53 bits per heavy atom. The van der Waals surface area contributed by atoms with Crippen molar-refractivity contribution in [3.8, 4) is 0 Å². The first-order chi connectivity index (χ1) is 8.10. The van der Waals surface area contributed by atoms with Gasteiger partial charge in [-0.05, 0) is 25.3 Å². The first kappa shape index (κ1) is 13.8. The summed E-state index contributed by atoms with van der Waals surface area (Å²) in [6.45, 7) is 1.92. The number of amides is 1. The summed E-state index contributed by atoms with van der Waals surface area (Å²) in [6, 6.07) is 4.53. The van der Waals surface area contributed by atoms with Gasteiger partial charge in [-0.2, -0.15) is 11.8 Å². The topological polar surface area (TPSA) is 41.1 Å². The highest BCUT2D eigenvalue weighted by Gasteiger charge is 2.15. The lowest BCUT2D eigenvalue weighted by Crippen LogP contribution is -2.34. The molecule has 0 heterocycles. The zero-order chi connectivity index (χ0) is 12.8. The van der Waals surface area contributed by atoms with Crippen LogP contribution in [-0.4, -0.2) is 31.0 Å². The molecule has 0 radical (unpaired) electrons. The molecule has 0 aliphatic carbocycles. The average molecular weight is 256 g/mol. The SMILES string of the molecule is CNc1c(F)cccc1C(=O)NC(C)CSC. The molecular formula is C12H17FN2OS. The molecule has 1 amide bonds. The van der Waals surface area contributed by atoms with Crippen molar-refractivity contribution in [2.24, 2.45) is 0 Å². The van der Waals surface area contributed by atoms with Crippen molar-refractivity contribution >= 4 is 23.4 Å². The molecule has 1 unspecified atom stereocenters. The molecule has 3 nitrogen and oxygen atoms in total. The molecule has 0 fully saturated rings. The molecule has 0 aromatic heterocycles. The number of rotatable bonds is 5. The smallest absolute Gasteiger partial charge is 0.253 e. The van der Waals surface area contributed by atoms with Crippen LogP contribution in [0, 0.1) is 5.82 Å². The number of para-hydroxylation sites is 1. The van der Waals surface area contributed by atoms with E-state index in [4.69, 9.17) is 0 Å². The summed E-state index contributed by atoms with van der Waals surface area (Å²) >= 11 is 1.66. The van der Waals surface area contributed by atoms with Gasteiger partial charge in [0.1, 0.15) is 5.82 Å². The van der Waals surface area contributed by atoms with Gasteiger partial charge in [-0.15, -0.1) is 0 Å². The summed E-state index contributed by atoms with van der Waals surface area (Å²) in [4.78, 5) is 11.9. The van der Waals surface area contributed by atoms with E-state index in [1.54, 1.807) is 24.9 Å². The fourth-order valence-corrected chi connectivity index (χ4v) is 2.14. The molecule has 0 bridgehead atoms. The van der Waals surface area contributed by atoms with E-state index in [1.807, 2.05) is 13.2 Å². The maximum atomic E-state index is 13.4. The van der Waals surface area contributed by atoms with E-state index in [2.05, 4.69) is 10.6 Å². The minimum Gasteiger partial charge on any atom is -0.385 e. The van der Waals surface area contributed by atoms with Crippen LogP contribution in [0.25, 0.3) is 0 Å². The molecule has 0 aliphatic rings. The fourth-order valence-electron chi connectivity index (χ4n) is 1.56. The average Bonchev–Trinajstić information content (AvgIpc) is 2.28. The number of hydrogen-bond acceptors (Lipinski definition) is 3. The predicted molar refractivity (Wildman–Crippen MR) is 71.3 cm³/mol. The molecule has 17 heavy (non-hydrogen) atoms. The Morgan fingerprint density at radius 2 is 2.24 bits per heavy atom. The minimum absolute atomic E-state index is 0.0606. The van der Waals surface area contributed by atoms with Crippen molar-refractivity contribution in [1.82, 2.24) is 5.32 Å². The van der Waals surface area contributed by atoms with Crippen LogP contribution in [0.4, 0.5) is 10.1 Å². The molecule has 0 saturated carbocycles. The first-order valence-electron chi connectivity index (χ1n) is 5.36. The van der Waals surface area contributed by atoms with E-state index < -0.39 is 5.82 Å². The van der Waals surface area contributed by atoms with Gasteiger partial charge in [-0.3, -0.25) is 4.79 Å². The summed E-state index contributed by atoms with van der Waals surface area (Å²) < 4.78 is 13.4. The van der Waals surface area contributed by atoms with Crippen LogP contribution in [0.5, 0.6) is 0 Å². The third kappa shape index (κ3) is 3.63. The lowest BCUT2D eigenvalue weighted by molar-refractivity contribution is 0.0944. The highest BCUT2D eigenvalue weighted by atomic mass is 32.2. The quantitative estimate of drug-likeness (QED) is 0.849. The summed E-state index contributed by atoms with van der Waals surface area (Å²) in [5.74, 6) is 0.156. The zero-order valence-electron chi connectivity index (χ0n) is 10.2. The van der Waals surface area contributed by atoms with E-state index in [0.717, 1.165) is 5.75 Å². The number of carbonyl (C=O) groups is 1. The van der Waals surface area contributed by atoms with E-state index in [-0.39, 0.29) is 17.6 Å². The van der Waals surface area contributed by atoms with Crippen LogP contribution in [0.1, 0.15) is 17.3 Å². The Kier molecular flexibility index (Phi) is 5.28. The van der Waals surface area contributed by atoms with Gasteiger partial charge in [0.05, 0.1) is 11.3 Å². The number of nitrogens with one attached hydrogen (secondary N) is 2. The molecule has 0 aliphatic heterocycles. The molecule has 1 rings (SSSR count). The largest absolute Gasteiger partial charge is 0.385 e. The van der Waals surface area contributed by atoms with Crippen molar-refractivity contribution < 1.29 is 9.18 Å². The predicted octanol–water partition coefficient (Wildman–Crippen LogP) is 2.35. The van der Waals surface area contributed by atoms with Gasteiger partial charge in [-0.25, -0.2) is 4.39 Å². The molecule has 1 atom stereocenters. The van der Waals surface area contributed by atoms with Crippen molar-refractivity contribution in [2.75, 3.05) is 24.4 Å². The van der Waals surface area contributed by atoms with E-state index in [0.29, 0.717) is 5.56 Å². The van der Waals surface area contributed by atoms with Gasteiger partial charge < -0.3 is 10.6 Å². The Balaban J connectivity index is 2.85. The first-order valence-corrected chi connectivity index (χ1v) is 6.75. The van der Waals surface area contributed by atoms with Crippen LogP contribution < -0.4 is 10.6 Å². The van der Waals surface area contributed by atoms with Gasteiger partial charge in [0.15, 0.2) is 0 Å². The summed E-state index contributed by atoms with van der Waals surface area (Å²) in [5.41, 5.74) is 0.571. The summed E-state index contributed by atoms with van der Waals surface area (Å²) in [7, 11) is 1.60. The molecular weight excluding hydrogens is 239 g/mol. The van der Waals surface area contributed by atoms with Crippen molar-refractivity contribution in [3.05, 3.63) is 29.6 Å². The number of carbonyl (C=O) groups excluding carboxylic acids is 1. The van der Waals surface area contributed by atoms with Crippen LogP contribution in [-0.2, 0) is 0 Å². The Morgan fingerprint density at radius 3 is 2.82 bits per heavy atom. The maximum Gasteiger partial charge on any atom is 0.253 e. The van der Waals surface area contributed by atoms with Crippen LogP contribution in [0.15, 0.2) is 18.2 Å². The van der Waals surface area contributed by atoms with Gasteiger partial charge >= 0.3 is 0 Å². The Labute approximate surface area is 105 Å². The monoisotopic (exact) mass is 256 g/mol. The van der Waals surface area contributed by atoms with Crippen LogP contribution >= 0.6 is 11.8 Å². The van der Waals surface area contributed by atoms with Gasteiger partial charge in [0, 0.05) is 18.8 Å². The van der Waals surface area contributed by atoms with E-state index in [1.165, 1.54) is 12.1 Å². The maximum absolute atomic E-state index is 13.4. The van der Waals surface area contributed by atoms with Crippen molar-refractivity contribution in [3.63, 3.8) is 0 Å². The normalized spacial score (nSPS) is 12.0. The Bertz CT molecular complexity index is 398. The van der Waals surface area contributed by atoms with Crippen molar-refractivity contribution in [2.45, 2.75) is 13.0 Å². The minimum atomic E-state index is -0.419. The lowest BCUT2D eigenvalue weighted by atomic mass is 10.1. The summed E-state index contributed by atoms with van der Waals surface area (Å²) in [6.07, 6.45) is 1.98. The Hall–Kier alpha value is -1.23. The molecule has 2 N–H and O–H groups in total. The highest BCUT2D eigenvalue weighted by Crippen LogP contribution is 2.19. The zero-order valence-corrected chi connectivity index (χ0v) is 11.0. The fraction of sp³-hybridized carbons (Fsp3) is 0.417. The second-order valence-corrected chi connectivity index (χ2v) is 4.65. The number of anilines is 1. The molecule has 5 heteroatoms. The number of benzene rings is 1. The van der Waals surface area contributed by atoms with E-state index >= 15 is 0 Å². The van der Waals surface area contributed by atoms with E-state index in [9.17, 15) is 9.18 Å². The number of halogens is 1. The van der Waals surface area contributed by atoms with Crippen molar-refractivity contribution in [1.29, 1.82) is 0 Å². The van der Waals surface area contributed by atoms with Crippen LogP contribution in [0.3, 0.4) is 0 Å². The van der Waals surface area contributed by atoms with Gasteiger partial charge in [-0.1, -0.05) is 6.07 Å². The summed E-state index contributed by atoms with van der Waals surface area (Å²) in [5, 5.41) is 5.54. The van der Waals surface area contributed by atoms with Gasteiger partial charge in [0.25, 0.3) is 5.91 Å². The molecule has 0 saturated heterocycles. The third-order valence-electron chi connectivity index (χ3n) is 2.30. The second kappa shape index (κ2) is 6.49. The number of hydrogen-bond donors (Lipinski definition) is 2. The molecule has 0 spiro atoms. The van der Waals surface area contributed by atoms with Gasteiger partial charge in [0.2, 0.25) is 0 Å². The molecule has 1 aromatic carbocycles. The molecule has 1 aromatic rings. The number of thioether (sulfide) groups is 1. The standard InChI is InChI=1S/C12H17FN2OS/c1-8(7-17-3)15-12(16)9-5-4-6-10(13)11(9)14-2/h4-6,8,14H,7H2,1-3H3,(H,15,16). The molecule has 94 valence electrons. The lowest BCUT2D eigenvalue weighted by Gasteiger charge is -2.14. The third-order valence-corrected chi connectivity index (χ3v) is 3.14. The van der Waals surface area contributed by atoms with Crippen LogP contribution in [0.2, 0.25) is 0 Å². The highest BCUT2D eigenvalue weighted by molar-refractivity contribution is 7.98.